The smallest absolute Gasteiger partial charge is 0.0679 e. The van der Waals surface area contributed by atoms with Crippen LogP contribution in [0.3, 0.4) is 0 Å². The third kappa shape index (κ3) is 2.92. The predicted molar refractivity (Wildman–Crippen MR) is 138 cm³/mol. The van der Waals surface area contributed by atoms with E-state index in [2.05, 4.69) is 107 Å². The summed E-state index contributed by atoms with van der Waals surface area (Å²) in [5, 5.41) is 7.70. The molecule has 152 valence electrons. The first-order valence-corrected chi connectivity index (χ1v) is 10.9. The summed E-state index contributed by atoms with van der Waals surface area (Å²) in [5.74, 6) is 0. The van der Waals surface area contributed by atoms with Crippen LogP contribution in [0.15, 0.2) is 116 Å². The van der Waals surface area contributed by atoms with Crippen molar-refractivity contribution >= 4 is 49.3 Å². The van der Waals surface area contributed by atoms with Crippen molar-refractivity contribution in [1.29, 1.82) is 0 Å². The molecule has 0 N–H and O–H groups in total. The van der Waals surface area contributed by atoms with E-state index in [1.54, 1.807) is 0 Å². The molecule has 4 aromatic carbocycles. The molecule has 5 aromatic rings. The van der Waals surface area contributed by atoms with Gasteiger partial charge in [-0.2, -0.15) is 0 Å². The zero-order valence-electron chi connectivity index (χ0n) is 17.7. The van der Waals surface area contributed by atoms with Gasteiger partial charge in [-0.05, 0) is 56.1 Å². The lowest BCUT2D eigenvalue weighted by Crippen LogP contribution is -2.18. The first-order valence-electron chi connectivity index (χ1n) is 10.9. The Balaban J connectivity index is 1.64. The number of hydrogen-bond acceptors (Lipinski definition) is 2. The lowest BCUT2D eigenvalue weighted by molar-refractivity contribution is 1.08. The van der Waals surface area contributed by atoms with E-state index in [4.69, 9.17) is 0 Å². The number of rotatable bonds is 1. The van der Waals surface area contributed by atoms with Gasteiger partial charge in [0.15, 0.2) is 0 Å². The number of anilines is 2. The highest BCUT2D eigenvalue weighted by Gasteiger charge is 2.16. The molecule has 1 aliphatic rings. The lowest BCUT2D eigenvalue weighted by Gasteiger charge is -2.26. The van der Waals surface area contributed by atoms with Crippen LogP contribution in [0.4, 0.5) is 11.4 Å². The van der Waals surface area contributed by atoms with Crippen molar-refractivity contribution in [2.45, 2.75) is 0 Å². The van der Waals surface area contributed by atoms with Crippen molar-refractivity contribution in [3.05, 3.63) is 122 Å². The molecule has 0 atom stereocenters. The molecule has 0 bridgehead atoms. The quantitative estimate of drug-likeness (QED) is 0.262. The Hall–Kier alpha value is -4.17. The number of allylic oxidation sites excluding steroid dienone is 4. The Kier molecular flexibility index (Phi) is 4.36. The zero-order chi connectivity index (χ0) is 21.5. The minimum absolute atomic E-state index is 0.757. The van der Waals surface area contributed by atoms with E-state index in [1.807, 2.05) is 18.5 Å². The second kappa shape index (κ2) is 7.51. The van der Waals surface area contributed by atoms with Crippen molar-refractivity contribution in [3.8, 4) is 0 Å². The van der Waals surface area contributed by atoms with Gasteiger partial charge in [0.05, 0.1) is 11.9 Å². The van der Waals surface area contributed by atoms with Crippen LogP contribution < -0.4 is 4.90 Å². The van der Waals surface area contributed by atoms with Crippen molar-refractivity contribution in [2.75, 3.05) is 11.4 Å². The molecule has 0 saturated carbocycles. The molecular weight excluding hydrogens is 388 g/mol. The van der Waals surface area contributed by atoms with Gasteiger partial charge in [-0.1, -0.05) is 85.5 Å². The molecule has 6 rings (SSSR count). The summed E-state index contributed by atoms with van der Waals surface area (Å²) in [5.41, 5.74) is 4.30. The maximum Gasteiger partial charge on any atom is 0.0679 e. The standard InChI is InChI=1S/C30H22N2/c1-21-9-3-2-8-18-32(30-20-31-17-16-23(21)30)22-14-15-28-26-12-5-4-10-24(26)25-11-6-7-13-27(25)29(28)19-22/h2-17,19-20H,1,18H2/b8-2-,9-3-. The van der Waals surface area contributed by atoms with E-state index in [1.165, 1.54) is 32.3 Å². The van der Waals surface area contributed by atoms with Gasteiger partial charge in [-0.3, -0.25) is 4.98 Å². The Morgan fingerprint density at radius 1 is 0.719 bits per heavy atom. The highest BCUT2D eigenvalue weighted by molar-refractivity contribution is 6.25. The van der Waals surface area contributed by atoms with E-state index >= 15 is 0 Å². The summed E-state index contributed by atoms with van der Waals surface area (Å²) in [6.45, 7) is 5.03. The van der Waals surface area contributed by atoms with Crippen molar-refractivity contribution in [1.82, 2.24) is 4.98 Å². The van der Waals surface area contributed by atoms with Crippen molar-refractivity contribution < 1.29 is 0 Å². The average molecular weight is 411 g/mol. The molecular formula is C30H22N2. The molecule has 2 heteroatoms. The van der Waals surface area contributed by atoms with E-state index in [0.29, 0.717) is 0 Å². The van der Waals surface area contributed by atoms with E-state index in [-0.39, 0.29) is 0 Å². The minimum atomic E-state index is 0.757. The molecule has 0 amide bonds. The van der Waals surface area contributed by atoms with E-state index in [9.17, 15) is 0 Å². The molecule has 0 fully saturated rings. The Bertz CT molecular complexity index is 1540. The number of hydrogen-bond donors (Lipinski definition) is 0. The second-order valence-electron chi connectivity index (χ2n) is 8.14. The minimum Gasteiger partial charge on any atom is -0.336 e. The Labute approximate surface area is 187 Å². The maximum absolute atomic E-state index is 4.43. The summed E-state index contributed by atoms with van der Waals surface area (Å²) in [7, 11) is 0. The Morgan fingerprint density at radius 2 is 1.38 bits per heavy atom. The summed E-state index contributed by atoms with van der Waals surface area (Å²) in [6.07, 6.45) is 12.1. The number of benzene rings is 4. The third-order valence-electron chi connectivity index (χ3n) is 6.31. The van der Waals surface area contributed by atoms with Crippen LogP contribution in [0.1, 0.15) is 5.56 Å². The Morgan fingerprint density at radius 3 is 2.09 bits per heavy atom. The fraction of sp³-hybridized carbons (Fsp3) is 0.0333. The summed E-state index contributed by atoms with van der Waals surface area (Å²) in [6, 6.07) is 26.2. The van der Waals surface area contributed by atoms with Gasteiger partial charge in [0.2, 0.25) is 0 Å². The number of nitrogens with zero attached hydrogens (tertiary/aromatic N) is 2. The molecule has 1 aromatic heterocycles. The van der Waals surface area contributed by atoms with Crippen LogP contribution in [-0.2, 0) is 0 Å². The molecule has 1 aliphatic heterocycles. The molecule has 2 heterocycles. The van der Waals surface area contributed by atoms with Gasteiger partial charge >= 0.3 is 0 Å². The summed E-state index contributed by atoms with van der Waals surface area (Å²) in [4.78, 5) is 6.75. The highest BCUT2D eigenvalue weighted by Crippen LogP contribution is 2.39. The van der Waals surface area contributed by atoms with E-state index < -0.39 is 0 Å². The summed E-state index contributed by atoms with van der Waals surface area (Å²) < 4.78 is 0. The predicted octanol–water partition coefficient (Wildman–Crippen LogP) is 7.82. The van der Waals surface area contributed by atoms with Crippen molar-refractivity contribution in [3.63, 3.8) is 0 Å². The molecule has 32 heavy (non-hydrogen) atoms. The normalized spacial score (nSPS) is 15.9. The van der Waals surface area contributed by atoms with Crippen LogP contribution >= 0.6 is 0 Å². The zero-order valence-corrected chi connectivity index (χ0v) is 17.7. The van der Waals surface area contributed by atoms with Gasteiger partial charge in [0.25, 0.3) is 0 Å². The van der Waals surface area contributed by atoms with Crippen LogP contribution in [-0.4, -0.2) is 11.5 Å². The maximum atomic E-state index is 4.43. The lowest BCUT2D eigenvalue weighted by atomic mass is 9.94. The van der Waals surface area contributed by atoms with E-state index in [0.717, 1.165) is 29.1 Å². The van der Waals surface area contributed by atoms with Crippen molar-refractivity contribution in [2.24, 2.45) is 0 Å². The largest absolute Gasteiger partial charge is 0.336 e. The molecule has 0 unspecified atom stereocenters. The van der Waals surface area contributed by atoms with Gasteiger partial charge in [0.1, 0.15) is 0 Å². The van der Waals surface area contributed by atoms with Gasteiger partial charge < -0.3 is 4.90 Å². The van der Waals surface area contributed by atoms with Crippen LogP contribution in [0.2, 0.25) is 0 Å². The molecule has 0 radical (unpaired) electrons. The molecule has 0 spiro atoms. The molecule has 0 saturated heterocycles. The second-order valence-corrected chi connectivity index (χ2v) is 8.14. The first kappa shape index (κ1) is 18.6. The fourth-order valence-corrected chi connectivity index (χ4v) is 4.79. The average Bonchev–Trinajstić information content (AvgIpc) is 2.93. The molecule has 0 aliphatic carbocycles. The third-order valence-corrected chi connectivity index (χ3v) is 6.31. The SMILES string of the molecule is C=C1/C=C\C=C/CN(c2ccc3c4ccccc4c4ccccc4c3c2)c2cnccc21. The fourth-order valence-electron chi connectivity index (χ4n) is 4.79. The van der Waals surface area contributed by atoms with Gasteiger partial charge in [-0.15, -0.1) is 0 Å². The van der Waals surface area contributed by atoms with Gasteiger partial charge in [0, 0.05) is 24.0 Å². The van der Waals surface area contributed by atoms with Gasteiger partial charge in [-0.25, -0.2) is 0 Å². The van der Waals surface area contributed by atoms with Crippen LogP contribution in [0, 0.1) is 0 Å². The highest BCUT2D eigenvalue weighted by atomic mass is 15.1. The topological polar surface area (TPSA) is 16.1 Å². The first-order chi connectivity index (χ1) is 15.8. The number of aromatic nitrogens is 1. The van der Waals surface area contributed by atoms with Crippen LogP contribution in [0.25, 0.3) is 37.9 Å². The summed E-state index contributed by atoms with van der Waals surface area (Å²) >= 11 is 0. The van der Waals surface area contributed by atoms with Crippen LogP contribution in [0.5, 0.6) is 0 Å². The molecule has 2 nitrogen and oxygen atoms in total. The number of fused-ring (bicyclic) bond motifs is 7. The monoisotopic (exact) mass is 410 g/mol. The number of pyridine rings is 1.